The minimum absolute atomic E-state index is 0.259. The smallest absolute Gasteiger partial charge is 0.226 e. The lowest BCUT2D eigenvalue weighted by molar-refractivity contribution is 0.177. The number of fused-ring (bicyclic) bond motifs is 2. The quantitative estimate of drug-likeness (QED) is 0.782. The van der Waals surface area contributed by atoms with Gasteiger partial charge in [0.2, 0.25) is 5.28 Å². The SMILES string of the molecule is Clc1nc(N2C[C@H]3COC[C@H]3C2)c2cn[nH]c2n1. The van der Waals surface area contributed by atoms with E-state index in [0.29, 0.717) is 17.5 Å². The van der Waals surface area contributed by atoms with Gasteiger partial charge in [-0.1, -0.05) is 0 Å². The van der Waals surface area contributed by atoms with Crippen molar-refractivity contribution in [1.82, 2.24) is 20.2 Å². The third kappa shape index (κ3) is 1.49. The van der Waals surface area contributed by atoms with Crippen LogP contribution in [0.4, 0.5) is 5.82 Å². The van der Waals surface area contributed by atoms with Gasteiger partial charge in [-0.2, -0.15) is 15.1 Å². The number of H-pyrrole nitrogens is 1. The number of hydrogen-bond donors (Lipinski definition) is 1. The number of ether oxygens (including phenoxy) is 1. The second-order valence-electron chi connectivity index (χ2n) is 4.91. The summed E-state index contributed by atoms with van der Waals surface area (Å²) in [5.41, 5.74) is 0.693. The maximum Gasteiger partial charge on any atom is 0.226 e. The monoisotopic (exact) mass is 265 g/mol. The van der Waals surface area contributed by atoms with Gasteiger partial charge in [-0.3, -0.25) is 5.10 Å². The van der Waals surface area contributed by atoms with Gasteiger partial charge in [0.15, 0.2) is 5.65 Å². The summed E-state index contributed by atoms with van der Waals surface area (Å²) in [5.74, 6) is 2.11. The highest BCUT2D eigenvalue weighted by Crippen LogP contribution is 2.34. The largest absolute Gasteiger partial charge is 0.381 e. The fourth-order valence-corrected chi connectivity index (χ4v) is 3.06. The average molecular weight is 266 g/mol. The third-order valence-corrected chi connectivity index (χ3v) is 3.97. The van der Waals surface area contributed by atoms with Gasteiger partial charge in [0, 0.05) is 24.9 Å². The minimum atomic E-state index is 0.259. The van der Waals surface area contributed by atoms with E-state index in [9.17, 15) is 0 Å². The first kappa shape index (κ1) is 10.5. The van der Waals surface area contributed by atoms with Crippen LogP contribution in [-0.4, -0.2) is 46.5 Å². The van der Waals surface area contributed by atoms with Gasteiger partial charge in [-0.25, -0.2) is 0 Å². The van der Waals surface area contributed by atoms with Crippen LogP contribution in [-0.2, 0) is 4.74 Å². The molecule has 18 heavy (non-hydrogen) atoms. The Morgan fingerprint density at radius 3 is 2.83 bits per heavy atom. The van der Waals surface area contributed by atoms with E-state index in [4.69, 9.17) is 16.3 Å². The molecular formula is C11H12ClN5O. The number of anilines is 1. The number of nitrogens with zero attached hydrogens (tertiary/aromatic N) is 4. The molecule has 0 amide bonds. The lowest BCUT2D eigenvalue weighted by Crippen LogP contribution is -2.23. The van der Waals surface area contributed by atoms with Crippen LogP contribution in [0.25, 0.3) is 11.0 Å². The van der Waals surface area contributed by atoms with Gasteiger partial charge in [-0.15, -0.1) is 0 Å². The Morgan fingerprint density at radius 2 is 2.06 bits per heavy atom. The van der Waals surface area contributed by atoms with Crippen molar-refractivity contribution in [3.63, 3.8) is 0 Å². The molecule has 0 aromatic carbocycles. The molecule has 4 rings (SSSR count). The van der Waals surface area contributed by atoms with Gasteiger partial charge in [0.25, 0.3) is 0 Å². The fraction of sp³-hybridized carbons (Fsp3) is 0.545. The van der Waals surface area contributed by atoms with Crippen LogP contribution in [0.1, 0.15) is 0 Å². The molecule has 0 bridgehead atoms. The first-order chi connectivity index (χ1) is 8.81. The number of rotatable bonds is 1. The van der Waals surface area contributed by atoms with E-state index >= 15 is 0 Å². The second kappa shape index (κ2) is 3.80. The molecule has 7 heteroatoms. The topological polar surface area (TPSA) is 66.9 Å². The summed E-state index contributed by atoms with van der Waals surface area (Å²) in [5, 5.41) is 8.04. The van der Waals surface area contributed by atoms with Crippen LogP contribution in [0.2, 0.25) is 5.28 Å². The van der Waals surface area contributed by atoms with Crippen molar-refractivity contribution < 1.29 is 4.74 Å². The maximum atomic E-state index is 5.96. The lowest BCUT2D eigenvalue weighted by atomic mass is 10.0. The van der Waals surface area contributed by atoms with Gasteiger partial charge in [-0.05, 0) is 11.6 Å². The summed E-state index contributed by atoms with van der Waals surface area (Å²) in [6, 6.07) is 0. The van der Waals surface area contributed by atoms with E-state index in [-0.39, 0.29) is 5.28 Å². The van der Waals surface area contributed by atoms with Crippen molar-refractivity contribution in [2.45, 2.75) is 0 Å². The number of halogens is 1. The van der Waals surface area contributed by atoms with E-state index in [1.807, 2.05) is 0 Å². The summed E-state index contributed by atoms with van der Waals surface area (Å²) < 4.78 is 5.49. The molecule has 2 atom stereocenters. The van der Waals surface area contributed by atoms with Crippen molar-refractivity contribution in [2.24, 2.45) is 11.8 Å². The van der Waals surface area contributed by atoms with Crippen molar-refractivity contribution in [3.05, 3.63) is 11.5 Å². The van der Waals surface area contributed by atoms with Crippen LogP contribution < -0.4 is 4.90 Å². The fourth-order valence-electron chi connectivity index (χ4n) is 2.89. The lowest BCUT2D eigenvalue weighted by Gasteiger charge is -2.18. The predicted molar refractivity (Wildman–Crippen MR) is 66.7 cm³/mol. The molecule has 1 N–H and O–H groups in total. The Hall–Kier alpha value is -1.40. The van der Waals surface area contributed by atoms with Crippen LogP contribution in [0, 0.1) is 11.8 Å². The Bertz CT molecular complexity index is 588. The zero-order valence-electron chi connectivity index (χ0n) is 9.64. The number of aromatic amines is 1. The molecule has 0 unspecified atom stereocenters. The third-order valence-electron chi connectivity index (χ3n) is 3.80. The van der Waals surface area contributed by atoms with Crippen LogP contribution in [0.5, 0.6) is 0 Å². The summed E-state index contributed by atoms with van der Waals surface area (Å²) in [4.78, 5) is 10.8. The molecule has 94 valence electrons. The van der Waals surface area contributed by atoms with Crippen molar-refractivity contribution >= 4 is 28.5 Å². The molecule has 6 nitrogen and oxygen atoms in total. The highest BCUT2D eigenvalue weighted by atomic mass is 35.5. The van der Waals surface area contributed by atoms with E-state index in [2.05, 4.69) is 25.1 Å². The zero-order valence-corrected chi connectivity index (χ0v) is 10.4. The van der Waals surface area contributed by atoms with E-state index in [1.54, 1.807) is 6.20 Å². The minimum Gasteiger partial charge on any atom is -0.381 e. The molecule has 4 heterocycles. The molecule has 0 saturated carbocycles. The molecule has 2 fully saturated rings. The van der Waals surface area contributed by atoms with Gasteiger partial charge >= 0.3 is 0 Å². The second-order valence-corrected chi connectivity index (χ2v) is 5.25. The highest BCUT2D eigenvalue weighted by molar-refractivity contribution is 6.28. The normalized spacial score (nSPS) is 27.1. The Balaban J connectivity index is 1.76. The van der Waals surface area contributed by atoms with Crippen molar-refractivity contribution in [3.8, 4) is 0 Å². The summed E-state index contributed by atoms with van der Waals surface area (Å²) >= 11 is 5.96. The molecule has 0 radical (unpaired) electrons. The molecular weight excluding hydrogens is 254 g/mol. The number of nitrogens with one attached hydrogen (secondary N) is 1. The molecule has 2 saturated heterocycles. The highest BCUT2D eigenvalue weighted by Gasteiger charge is 2.38. The molecule has 2 aliphatic rings. The molecule has 2 aliphatic heterocycles. The summed E-state index contributed by atoms with van der Waals surface area (Å²) in [7, 11) is 0. The molecule has 0 aliphatic carbocycles. The zero-order chi connectivity index (χ0) is 12.1. The van der Waals surface area contributed by atoms with E-state index < -0.39 is 0 Å². The van der Waals surface area contributed by atoms with E-state index in [1.165, 1.54) is 0 Å². The maximum absolute atomic E-state index is 5.96. The number of aromatic nitrogens is 4. The predicted octanol–water partition coefficient (Wildman–Crippen LogP) is 1.09. The number of hydrogen-bond acceptors (Lipinski definition) is 5. The van der Waals surface area contributed by atoms with Crippen LogP contribution >= 0.6 is 11.6 Å². The first-order valence-corrected chi connectivity index (χ1v) is 6.38. The van der Waals surface area contributed by atoms with Crippen LogP contribution in [0.3, 0.4) is 0 Å². The van der Waals surface area contributed by atoms with E-state index in [0.717, 1.165) is 37.5 Å². The van der Waals surface area contributed by atoms with Crippen molar-refractivity contribution in [2.75, 3.05) is 31.2 Å². The Morgan fingerprint density at radius 1 is 1.28 bits per heavy atom. The standard InChI is InChI=1S/C11H12ClN5O/c12-11-14-9-8(1-13-16-9)10(15-11)17-2-6-4-18-5-7(6)3-17/h1,6-7H,2-5H2,(H,13,14,15,16)/t6-,7+. The summed E-state index contributed by atoms with van der Waals surface area (Å²) in [6.07, 6.45) is 1.76. The Labute approximate surface area is 108 Å². The van der Waals surface area contributed by atoms with Gasteiger partial charge in [0.1, 0.15) is 5.82 Å². The van der Waals surface area contributed by atoms with Gasteiger partial charge in [0.05, 0.1) is 24.8 Å². The Kier molecular flexibility index (Phi) is 2.22. The first-order valence-electron chi connectivity index (χ1n) is 6.00. The molecule has 0 spiro atoms. The molecule has 2 aromatic heterocycles. The van der Waals surface area contributed by atoms with Crippen molar-refractivity contribution in [1.29, 1.82) is 0 Å². The summed E-state index contributed by atoms with van der Waals surface area (Å²) in [6.45, 7) is 3.65. The van der Waals surface area contributed by atoms with Gasteiger partial charge < -0.3 is 9.64 Å². The average Bonchev–Trinajstić information content (AvgIpc) is 3.01. The van der Waals surface area contributed by atoms with Crippen LogP contribution in [0.15, 0.2) is 6.20 Å². The molecule has 2 aromatic rings.